The number of amides is 2. The average Bonchev–Trinajstić information content (AvgIpc) is 3.68. The van der Waals surface area contributed by atoms with Crippen molar-refractivity contribution in [2.45, 2.75) is 38.1 Å². The topological polar surface area (TPSA) is 120 Å². The van der Waals surface area contributed by atoms with Crippen LogP contribution >= 0.6 is 0 Å². The van der Waals surface area contributed by atoms with Crippen LogP contribution < -0.4 is 20.1 Å². The van der Waals surface area contributed by atoms with E-state index < -0.39 is 18.5 Å². The molecule has 1 aliphatic carbocycles. The van der Waals surface area contributed by atoms with Crippen molar-refractivity contribution in [3.63, 3.8) is 0 Å². The van der Waals surface area contributed by atoms with E-state index in [1.165, 1.54) is 0 Å². The second-order valence-corrected chi connectivity index (χ2v) is 8.14. The molecule has 0 bridgehead atoms. The Morgan fingerprint density at radius 1 is 0.941 bits per heavy atom. The van der Waals surface area contributed by atoms with Crippen LogP contribution in [0.15, 0.2) is 42.5 Å². The highest BCUT2D eigenvalue weighted by atomic mass is 16.5. The molecular formula is C25H26N2O7. The Kier molecular flexibility index (Phi) is 7.41. The molecule has 1 fully saturated rings. The lowest BCUT2D eigenvalue weighted by Gasteiger charge is -2.11. The summed E-state index contributed by atoms with van der Waals surface area (Å²) in [5.41, 5.74) is 1.09. The molecule has 9 heteroatoms. The van der Waals surface area contributed by atoms with Gasteiger partial charge < -0.3 is 24.8 Å². The molecule has 178 valence electrons. The minimum absolute atomic E-state index is 0.0652. The van der Waals surface area contributed by atoms with Gasteiger partial charge in [-0.2, -0.15) is 0 Å². The van der Waals surface area contributed by atoms with Gasteiger partial charge in [-0.05, 0) is 43.2 Å². The van der Waals surface area contributed by atoms with Gasteiger partial charge >= 0.3 is 5.97 Å². The second kappa shape index (κ2) is 10.8. The molecule has 2 N–H and O–H groups in total. The average molecular weight is 466 g/mol. The van der Waals surface area contributed by atoms with Crippen LogP contribution in [0.25, 0.3) is 0 Å². The summed E-state index contributed by atoms with van der Waals surface area (Å²) in [6.45, 7) is 0.545. The molecule has 0 unspecified atom stereocenters. The Bertz CT molecular complexity index is 1090. The van der Waals surface area contributed by atoms with Gasteiger partial charge in [-0.15, -0.1) is 0 Å². The normalized spacial score (nSPS) is 14.5. The molecule has 34 heavy (non-hydrogen) atoms. The van der Waals surface area contributed by atoms with Crippen molar-refractivity contribution in [1.29, 1.82) is 0 Å². The van der Waals surface area contributed by atoms with Gasteiger partial charge in [-0.3, -0.25) is 19.2 Å². The highest BCUT2D eigenvalue weighted by Gasteiger charge is 2.25. The number of fused-ring (bicyclic) bond motifs is 1. The summed E-state index contributed by atoms with van der Waals surface area (Å²) in [7, 11) is 0. The molecular weight excluding hydrogens is 440 g/mol. The highest BCUT2D eigenvalue weighted by Crippen LogP contribution is 2.31. The van der Waals surface area contributed by atoms with Crippen LogP contribution in [0.5, 0.6) is 11.5 Å². The van der Waals surface area contributed by atoms with E-state index in [-0.39, 0.29) is 30.6 Å². The molecule has 4 rings (SSSR count). The maximum Gasteiger partial charge on any atom is 0.306 e. The Balaban J connectivity index is 1.23. The third-order valence-corrected chi connectivity index (χ3v) is 5.35. The van der Waals surface area contributed by atoms with E-state index in [2.05, 4.69) is 10.6 Å². The predicted molar refractivity (Wildman–Crippen MR) is 122 cm³/mol. The molecule has 0 aromatic heterocycles. The molecule has 1 saturated carbocycles. The number of ketones is 1. The van der Waals surface area contributed by atoms with Gasteiger partial charge in [0.05, 0.1) is 30.9 Å². The molecule has 2 aromatic carbocycles. The van der Waals surface area contributed by atoms with Crippen molar-refractivity contribution in [2.24, 2.45) is 0 Å². The molecule has 9 nitrogen and oxygen atoms in total. The number of Topliss-reactive ketones (excluding diaryl/α,β-unsaturated/α-hetero) is 1. The number of hydrogen-bond acceptors (Lipinski definition) is 7. The van der Waals surface area contributed by atoms with Crippen LogP contribution in [0.1, 0.15) is 52.8 Å². The minimum Gasteiger partial charge on any atom is -0.490 e. The summed E-state index contributed by atoms with van der Waals surface area (Å²) in [6.07, 6.45) is 2.43. The maximum absolute atomic E-state index is 12.5. The summed E-state index contributed by atoms with van der Waals surface area (Å²) in [5.74, 6) is -0.650. The Labute approximate surface area is 196 Å². The van der Waals surface area contributed by atoms with E-state index in [4.69, 9.17) is 14.2 Å². The zero-order valence-corrected chi connectivity index (χ0v) is 18.6. The van der Waals surface area contributed by atoms with E-state index in [1.54, 1.807) is 42.5 Å². The van der Waals surface area contributed by atoms with Gasteiger partial charge in [-0.25, -0.2) is 0 Å². The molecule has 1 heterocycles. The number of hydrogen-bond donors (Lipinski definition) is 2. The molecule has 1 aliphatic heterocycles. The number of ether oxygens (including phenoxy) is 3. The Morgan fingerprint density at radius 2 is 1.71 bits per heavy atom. The highest BCUT2D eigenvalue weighted by molar-refractivity contribution is 6.04. The molecule has 0 saturated heterocycles. The SMILES string of the molecule is O=C(COC(=O)CCC(=O)c1ccc2c(c1)OCCCO2)Nc1ccccc1C(=O)NC1CC1. The van der Waals surface area contributed by atoms with Crippen LogP contribution in [-0.2, 0) is 14.3 Å². The molecule has 0 radical (unpaired) electrons. The van der Waals surface area contributed by atoms with Gasteiger partial charge in [0, 0.05) is 24.4 Å². The lowest BCUT2D eigenvalue weighted by molar-refractivity contribution is -0.147. The van der Waals surface area contributed by atoms with Gasteiger partial charge in [0.15, 0.2) is 23.9 Å². The van der Waals surface area contributed by atoms with Crippen molar-refractivity contribution in [1.82, 2.24) is 5.32 Å². The van der Waals surface area contributed by atoms with Crippen molar-refractivity contribution >= 4 is 29.3 Å². The monoisotopic (exact) mass is 466 g/mol. The van der Waals surface area contributed by atoms with Crippen molar-refractivity contribution in [2.75, 3.05) is 25.1 Å². The van der Waals surface area contributed by atoms with Crippen LogP contribution in [0.4, 0.5) is 5.69 Å². The van der Waals surface area contributed by atoms with E-state index in [0.717, 1.165) is 19.3 Å². The molecule has 0 spiro atoms. The van der Waals surface area contributed by atoms with Gasteiger partial charge in [0.1, 0.15) is 0 Å². The fraction of sp³-hybridized carbons (Fsp3) is 0.360. The summed E-state index contributed by atoms with van der Waals surface area (Å²) in [4.78, 5) is 49.1. The summed E-state index contributed by atoms with van der Waals surface area (Å²) < 4.78 is 16.1. The first-order valence-corrected chi connectivity index (χ1v) is 11.3. The number of carbonyl (C=O) groups excluding carboxylic acids is 4. The molecule has 2 aliphatic rings. The van der Waals surface area contributed by atoms with E-state index in [0.29, 0.717) is 41.5 Å². The van der Waals surface area contributed by atoms with Crippen molar-refractivity contribution in [3.8, 4) is 11.5 Å². The van der Waals surface area contributed by atoms with Crippen LogP contribution in [-0.4, -0.2) is 49.4 Å². The number of esters is 1. The molecule has 2 amide bonds. The number of nitrogens with one attached hydrogen (secondary N) is 2. The zero-order valence-electron chi connectivity index (χ0n) is 18.6. The number of carbonyl (C=O) groups is 4. The lowest BCUT2D eigenvalue weighted by Crippen LogP contribution is -2.28. The molecule has 2 aromatic rings. The first-order chi connectivity index (χ1) is 16.5. The zero-order chi connectivity index (χ0) is 23.9. The number of anilines is 1. The van der Waals surface area contributed by atoms with E-state index in [1.807, 2.05) is 0 Å². The maximum atomic E-state index is 12.5. The van der Waals surface area contributed by atoms with Gasteiger partial charge in [-0.1, -0.05) is 12.1 Å². The van der Waals surface area contributed by atoms with Crippen LogP contribution in [0, 0.1) is 0 Å². The Hall–Kier alpha value is -3.88. The third-order valence-electron chi connectivity index (χ3n) is 5.35. The van der Waals surface area contributed by atoms with E-state index >= 15 is 0 Å². The fourth-order valence-corrected chi connectivity index (χ4v) is 3.38. The van der Waals surface area contributed by atoms with E-state index in [9.17, 15) is 19.2 Å². The van der Waals surface area contributed by atoms with Crippen LogP contribution in [0.2, 0.25) is 0 Å². The Morgan fingerprint density at radius 3 is 2.50 bits per heavy atom. The van der Waals surface area contributed by atoms with Crippen molar-refractivity contribution < 1.29 is 33.4 Å². The van der Waals surface area contributed by atoms with Crippen LogP contribution in [0.3, 0.4) is 0 Å². The summed E-state index contributed by atoms with van der Waals surface area (Å²) in [5, 5.41) is 5.47. The number of benzene rings is 2. The largest absolute Gasteiger partial charge is 0.490 e. The smallest absolute Gasteiger partial charge is 0.306 e. The summed E-state index contributed by atoms with van der Waals surface area (Å²) in [6, 6.07) is 11.7. The summed E-state index contributed by atoms with van der Waals surface area (Å²) >= 11 is 0. The first kappa shape index (κ1) is 23.3. The fourth-order valence-electron chi connectivity index (χ4n) is 3.38. The first-order valence-electron chi connectivity index (χ1n) is 11.3. The van der Waals surface area contributed by atoms with Gasteiger partial charge in [0.2, 0.25) is 0 Å². The lowest BCUT2D eigenvalue weighted by atomic mass is 10.1. The minimum atomic E-state index is -0.669. The number of para-hydroxylation sites is 1. The van der Waals surface area contributed by atoms with Crippen molar-refractivity contribution in [3.05, 3.63) is 53.6 Å². The quantitative estimate of drug-likeness (QED) is 0.431. The van der Waals surface area contributed by atoms with Gasteiger partial charge in [0.25, 0.3) is 11.8 Å². The second-order valence-electron chi connectivity index (χ2n) is 8.14. The standard InChI is InChI=1S/C25H26N2O7/c28-20(16-6-10-21-22(14-16)33-13-3-12-32-21)9-11-24(30)34-15-23(29)27-19-5-2-1-4-18(19)25(31)26-17-7-8-17/h1-2,4-6,10,14,17H,3,7-9,11-13,15H2,(H,26,31)(H,27,29). The molecule has 0 atom stereocenters. The number of rotatable bonds is 9. The predicted octanol–water partition coefficient (Wildman–Crippen LogP) is 2.88. The third kappa shape index (κ3) is 6.34.